The first-order valence-corrected chi connectivity index (χ1v) is 8.66. The zero-order valence-electron chi connectivity index (χ0n) is 11.2. The molecule has 18 heavy (non-hydrogen) atoms. The van der Waals surface area contributed by atoms with Crippen molar-refractivity contribution in [1.29, 1.82) is 0 Å². The number of thiophene rings is 1. The predicted octanol–water partition coefficient (Wildman–Crippen LogP) is 2.24. The molecule has 0 aromatic carbocycles. The van der Waals surface area contributed by atoms with Crippen LogP contribution in [0.1, 0.15) is 37.1 Å². The van der Waals surface area contributed by atoms with Gasteiger partial charge in [0.15, 0.2) is 0 Å². The van der Waals surface area contributed by atoms with Gasteiger partial charge in [-0.15, -0.1) is 11.3 Å². The van der Waals surface area contributed by atoms with Crippen LogP contribution in [0, 0.1) is 6.92 Å². The first kappa shape index (κ1) is 15.6. The van der Waals surface area contributed by atoms with E-state index in [2.05, 4.69) is 10.0 Å². The van der Waals surface area contributed by atoms with Crippen LogP contribution in [0.3, 0.4) is 0 Å². The number of sulfonamides is 1. The van der Waals surface area contributed by atoms with Gasteiger partial charge in [-0.3, -0.25) is 0 Å². The van der Waals surface area contributed by atoms with Crippen molar-refractivity contribution in [3.8, 4) is 0 Å². The fraction of sp³-hybridized carbons (Fsp3) is 0.667. The summed E-state index contributed by atoms with van der Waals surface area (Å²) in [6, 6.07) is 0. The van der Waals surface area contributed by atoms with Gasteiger partial charge in [0, 0.05) is 18.0 Å². The van der Waals surface area contributed by atoms with E-state index in [9.17, 15) is 8.42 Å². The minimum atomic E-state index is -3.36. The molecule has 0 saturated heterocycles. The summed E-state index contributed by atoms with van der Waals surface area (Å²) in [7, 11) is -3.36. The Morgan fingerprint density at radius 3 is 2.67 bits per heavy atom. The molecule has 0 aliphatic carbocycles. The lowest BCUT2D eigenvalue weighted by Gasteiger charge is -2.09. The summed E-state index contributed by atoms with van der Waals surface area (Å²) in [5.74, 6) is 0. The van der Waals surface area contributed by atoms with Crippen LogP contribution >= 0.6 is 11.3 Å². The highest BCUT2D eigenvalue weighted by atomic mass is 32.2. The van der Waals surface area contributed by atoms with Crippen LogP contribution in [-0.4, -0.2) is 21.5 Å². The average Bonchev–Trinajstić information content (AvgIpc) is 2.68. The van der Waals surface area contributed by atoms with E-state index in [4.69, 9.17) is 0 Å². The molecule has 0 aliphatic heterocycles. The Morgan fingerprint density at radius 1 is 1.33 bits per heavy atom. The summed E-state index contributed by atoms with van der Waals surface area (Å²) in [5, 5.41) is 5.08. The fourth-order valence-electron chi connectivity index (χ4n) is 1.66. The fourth-order valence-corrected chi connectivity index (χ4v) is 4.51. The zero-order valence-corrected chi connectivity index (χ0v) is 12.9. The van der Waals surface area contributed by atoms with Gasteiger partial charge in [0.2, 0.25) is 10.0 Å². The van der Waals surface area contributed by atoms with E-state index in [0.29, 0.717) is 18.0 Å². The minimum Gasteiger partial charge on any atom is -0.312 e. The molecule has 0 fully saturated rings. The van der Waals surface area contributed by atoms with Crippen molar-refractivity contribution in [1.82, 2.24) is 10.0 Å². The van der Waals surface area contributed by atoms with Crippen LogP contribution in [0.15, 0.2) is 10.3 Å². The molecular weight excluding hydrogens is 268 g/mol. The van der Waals surface area contributed by atoms with Crippen LogP contribution in [0.5, 0.6) is 0 Å². The van der Waals surface area contributed by atoms with Gasteiger partial charge < -0.3 is 5.32 Å². The molecule has 1 aromatic rings. The number of nitrogens with one attached hydrogen (secondary N) is 2. The van der Waals surface area contributed by atoms with Crippen LogP contribution in [0.2, 0.25) is 0 Å². The standard InChI is InChI=1S/C12H22N2O2S2/c1-4-6-7-14-18(15,16)12-10(3)9-17-11(12)8-13-5-2/h9,13-14H,4-8H2,1-3H3. The van der Waals surface area contributed by atoms with Gasteiger partial charge >= 0.3 is 0 Å². The van der Waals surface area contributed by atoms with Gasteiger partial charge in [-0.25, -0.2) is 13.1 Å². The second-order valence-corrected chi connectivity index (χ2v) is 6.87. The van der Waals surface area contributed by atoms with E-state index in [1.165, 1.54) is 11.3 Å². The normalized spacial score (nSPS) is 11.9. The van der Waals surface area contributed by atoms with Crippen molar-refractivity contribution in [3.05, 3.63) is 15.8 Å². The topological polar surface area (TPSA) is 58.2 Å². The van der Waals surface area contributed by atoms with Gasteiger partial charge in [-0.1, -0.05) is 20.3 Å². The maximum atomic E-state index is 12.2. The van der Waals surface area contributed by atoms with Crippen molar-refractivity contribution >= 4 is 21.4 Å². The third-order valence-corrected chi connectivity index (χ3v) is 5.54. The number of rotatable bonds is 8. The molecule has 1 heterocycles. The van der Waals surface area contributed by atoms with E-state index >= 15 is 0 Å². The molecular formula is C12H22N2O2S2. The highest BCUT2D eigenvalue weighted by molar-refractivity contribution is 7.89. The molecule has 0 radical (unpaired) electrons. The molecule has 2 N–H and O–H groups in total. The molecule has 4 nitrogen and oxygen atoms in total. The Kier molecular flexibility index (Phi) is 6.28. The largest absolute Gasteiger partial charge is 0.312 e. The van der Waals surface area contributed by atoms with E-state index in [1.54, 1.807) is 0 Å². The van der Waals surface area contributed by atoms with Crippen LogP contribution < -0.4 is 10.0 Å². The van der Waals surface area contributed by atoms with Crippen molar-refractivity contribution < 1.29 is 8.42 Å². The van der Waals surface area contributed by atoms with Gasteiger partial charge in [0.1, 0.15) is 4.90 Å². The molecule has 0 spiro atoms. The second kappa shape index (κ2) is 7.23. The smallest absolute Gasteiger partial charge is 0.241 e. The lowest BCUT2D eigenvalue weighted by Crippen LogP contribution is -2.26. The van der Waals surface area contributed by atoms with E-state index in [-0.39, 0.29) is 0 Å². The maximum absolute atomic E-state index is 12.2. The number of unbranched alkanes of at least 4 members (excludes halogenated alkanes) is 1. The Morgan fingerprint density at radius 2 is 2.06 bits per heavy atom. The molecule has 0 aliphatic rings. The summed E-state index contributed by atoms with van der Waals surface area (Å²) in [6.45, 7) is 7.85. The van der Waals surface area contributed by atoms with Gasteiger partial charge in [0.05, 0.1) is 0 Å². The third-order valence-electron chi connectivity index (χ3n) is 2.62. The SMILES string of the molecule is CCCCNS(=O)(=O)c1c(C)csc1CNCC. The Balaban J connectivity index is 2.89. The number of aryl methyl sites for hydroxylation is 1. The molecule has 0 amide bonds. The summed E-state index contributed by atoms with van der Waals surface area (Å²) in [4.78, 5) is 1.35. The van der Waals surface area contributed by atoms with Crippen LogP contribution in [0.25, 0.3) is 0 Å². The molecule has 1 aromatic heterocycles. The Labute approximate surface area is 114 Å². The van der Waals surface area contributed by atoms with Gasteiger partial charge in [-0.2, -0.15) is 0 Å². The van der Waals surface area contributed by atoms with Gasteiger partial charge in [0.25, 0.3) is 0 Å². The molecule has 104 valence electrons. The van der Waals surface area contributed by atoms with E-state index < -0.39 is 10.0 Å². The number of hydrogen-bond acceptors (Lipinski definition) is 4. The van der Waals surface area contributed by atoms with Crippen molar-refractivity contribution in [3.63, 3.8) is 0 Å². The zero-order chi connectivity index (χ0) is 13.6. The molecule has 0 atom stereocenters. The lowest BCUT2D eigenvalue weighted by molar-refractivity contribution is 0.576. The first-order chi connectivity index (χ1) is 8.53. The minimum absolute atomic E-state index is 0.463. The predicted molar refractivity (Wildman–Crippen MR) is 76.5 cm³/mol. The van der Waals surface area contributed by atoms with Gasteiger partial charge in [-0.05, 0) is 30.8 Å². The maximum Gasteiger partial charge on any atom is 0.241 e. The van der Waals surface area contributed by atoms with E-state index in [1.807, 2.05) is 26.2 Å². The van der Waals surface area contributed by atoms with Crippen molar-refractivity contribution in [2.75, 3.05) is 13.1 Å². The van der Waals surface area contributed by atoms with Crippen molar-refractivity contribution in [2.45, 2.75) is 45.1 Å². The molecule has 1 rings (SSSR count). The summed E-state index contributed by atoms with van der Waals surface area (Å²) >= 11 is 1.50. The molecule has 0 bridgehead atoms. The summed E-state index contributed by atoms with van der Waals surface area (Å²) in [5.41, 5.74) is 0.830. The third kappa shape index (κ3) is 4.05. The van der Waals surface area contributed by atoms with Crippen LogP contribution in [-0.2, 0) is 16.6 Å². The highest BCUT2D eigenvalue weighted by Gasteiger charge is 2.22. The summed E-state index contributed by atoms with van der Waals surface area (Å²) in [6.07, 6.45) is 1.85. The molecule has 0 unspecified atom stereocenters. The average molecular weight is 290 g/mol. The van der Waals surface area contributed by atoms with E-state index in [0.717, 1.165) is 29.8 Å². The summed E-state index contributed by atoms with van der Waals surface area (Å²) < 4.78 is 27.2. The highest BCUT2D eigenvalue weighted by Crippen LogP contribution is 2.26. The number of hydrogen-bond donors (Lipinski definition) is 2. The Hall–Kier alpha value is -0.430. The monoisotopic (exact) mass is 290 g/mol. The Bertz CT molecular complexity index is 466. The molecule has 0 saturated carbocycles. The second-order valence-electron chi connectivity index (χ2n) is 4.20. The van der Waals surface area contributed by atoms with Crippen molar-refractivity contribution in [2.24, 2.45) is 0 Å². The van der Waals surface area contributed by atoms with Crippen LogP contribution in [0.4, 0.5) is 0 Å². The first-order valence-electron chi connectivity index (χ1n) is 6.30. The molecule has 6 heteroatoms. The quantitative estimate of drug-likeness (QED) is 0.722. The lowest BCUT2D eigenvalue weighted by atomic mass is 10.3.